The molecule has 2 aliphatic rings. The zero-order chi connectivity index (χ0) is 19.7. The fourth-order valence-corrected chi connectivity index (χ4v) is 4.96. The maximum Gasteiger partial charge on any atom is 0.252 e. The molecular formula is C19H25N5O3S. The Morgan fingerprint density at radius 2 is 2.07 bits per heavy atom. The molecule has 3 heterocycles. The van der Waals surface area contributed by atoms with Gasteiger partial charge in [0.1, 0.15) is 0 Å². The number of nitrogens with one attached hydrogen (secondary N) is 2. The van der Waals surface area contributed by atoms with Gasteiger partial charge >= 0.3 is 0 Å². The number of carbonyl (C=O) groups is 2. The maximum absolute atomic E-state index is 12.3. The number of rotatable bonds is 5. The Hall–Kier alpha value is -2.23. The molecule has 0 spiro atoms. The number of aliphatic hydroxyl groups is 1. The van der Waals surface area contributed by atoms with Gasteiger partial charge in [0.25, 0.3) is 5.91 Å². The Morgan fingerprint density at radius 3 is 2.75 bits per heavy atom. The quantitative estimate of drug-likeness (QED) is 0.690. The molecule has 8 nitrogen and oxygen atoms in total. The SMILES string of the molecule is Cn1ccc(NC(=O)CN2C[C@H]3C[C@H](O)[C@@H](NC(=O)c4ccsc4)C[C@H]3C2)n1. The second-order valence-corrected chi connectivity index (χ2v) is 8.55. The van der Waals surface area contributed by atoms with Crippen molar-refractivity contribution < 1.29 is 14.7 Å². The number of fused-ring (bicyclic) bond motifs is 1. The molecule has 2 fully saturated rings. The molecule has 28 heavy (non-hydrogen) atoms. The highest BCUT2D eigenvalue weighted by Gasteiger charge is 2.42. The molecule has 0 bridgehead atoms. The highest BCUT2D eigenvalue weighted by molar-refractivity contribution is 7.08. The number of amides is 2. The highest BCUT2D eigenvalue weighted by atomic mass is 32.1. The fraction of sp³-hybridized carbons (Fsp3) is 0.526. The summed E-state index contributed by atoms with van der Waals surface area (Å²) in [5.74, 6) is 1.06. The molecule has 2 aromatic heterocycles. The molecule has 1 saturated heterocycles. The lowest BCUT2D eigenvalue weighted by molar-refractivity contribution is -0.117. The van der Waals surface area contributed by atoms with Gasteiger partial charge in [-0.15, -0.1) is 0 Å². The summed E-state index contributed by atoms with van der Waals surface area (Å²) < 4.78 is 1.64. The lowest BCUT2D eigenvalue weighted by Gasteiger charge is -2.35. The molecular weight excluding hydrogens is 378 g/mol. The summed E-state index contributed by atoms with van der Waals surface area (Å²) in [6.07, 6.45) is 2.62. The highest BCUT2D eigenvalue weighted by Crippen LogP contribution is 2.36. The van der Waals surface area contributed by atoms with Gasteiger partial charge in [0.2, 0.25) is 5.91 Å². The average Bonchev–Trinajstić information content (AvgIpc) is 3.36. The maximum atomic E-state index is 12.3. The first-order valence-corrected chi connectivity index (χ1v) is 10.4. The topological polar surface area (TPSA) is 99.5 Å². The average molecular weight is 404 g/mol. The molecule has 3 N–H and O–H groups in total. The van der Waals surface area contributed by atoms with Gasteiger partial charge in [-0.3, -0.25) is 19.2 Å². The summed E-state index contributed by atoms with van der Waals surface area (Å²) in [6.45, 7) is 1.91. The van der Waals surface area contributed by atoms with Crippen LogP contribution in [0.5, 0.6) is 0 Å². The van der Waals surface area contributed by atoms with Gasteiger partial charge < -0.3 is 15.7 Å². The van der Waals surface area contributed by atoms with Gasteiger partial charge in [0.05, 0.1) is 18.7 Å². The van der Waals surface area contributed by atoms with Crippen molar-refractivity contribution in [3.8, 4) is 0 Å². The van der Waals surface area contributed by atoms with Gasteiger partial charge in [-0.25, -0.2) is 0 Å². The molecule has 0 aromatic carbocycles. The van der Waals surface area contributed by atoms with Crippen LogP contribution in [-0.2, 0) is 11.8 Å². The number of aryl methyl sites for hydroxylation is 1. The van der Waals surface area contributed by atoms with Crippen LogP contribution in [0.4, 0.5) is 5.82 Å². The summed E-state index contributed by atoms with van der Waals surface area (Å²) in [4.78, 5) is 26.7. The first-order chi connectivity index (χ1) is 13.5. The van der Waals surface area contributed by atoms with Crippen molar-refractivity contribution in [3.63, 3.8) is 0 Å². The molecule has 2 aromatic rings. The van der Waals surface area contributed by atoms with E-state index in [4.69, 9.17) is 0 Å². The van der Waals surface area contributed by atoms with E-state index in [0.717, 1.165) is 19.5 Å². The number of hydrogen-bond acceptors (Lipinski definition) is 6. The number of thiophene rings is 1. The second-order valence-electron chi connectivity index (χ2n) is 7.77. The molecule has 0 radical (unpaired) electrons. The monoisotopic (exact) mass is 403 g/mol. The Morgan fingerprint density at radius 1 is 1.29 bits per heavy atom. The Balaban J connectivity index is 1.30. The van der Waals surface area contributed by atoms with Crippen LogP contribution in [0, 0.1) is 11.8 Å². The predicted octanol–water partition coefficient (Wildman–Crippen LogP) is 0.921. The molecule has 9 heteroatoms. The van der Waals surface area contributed by atoms with Crippen molar-refractivity contribution in [1.29, 1.82) is 0 Å². The molecule has 1 aliphatic heterocycles. The largest absolute Gasteiger partial charge is 0.391 e. The minimum atomic E-state index is -0.550. The lowest BCUT2D eigenvalue weighted by Crippen LogP contribution is -2.49. The van der Waals surface area contributed by atoms with E-state index in [-0.39, 0.29) is 17.9 Å². The van der Waals surface area contributed by atoms with Gasteiger partial charge in [0.15, 0.2) is 5.82 Å². The fourth-order valence-electron chi connectivity index (χ4n) is 4.32. The van der Waals surface area contributed by atoms with Crippen molar-refractivity contribution >= 4 is 29.0 Å². The number of likely N-dealkylation sites (tertiary alicyclic amines) is 1. The Labute approximate surface area is 167 Å². The molecule has 1 aliphatic carbocycles. The van der Waals surface area contributed by atoms with E-state index in [9.17, 15) is 14.7 Å². The van der Waals surface area contributed by atoms with Crippen LogP contribution in [0.1, 0.15) is 23.2 Å². The van der Waals surface area contributed by atoms with E-state index in [2.05, 4.69) is 20.6 Å². The van der Waals surface area contributed by atoms with E-state index in [0.29, 0.717) is 36.2 Å². The summed E-state index contributed by atoms with van der Waals surface area (Å²) >= 11 is 1.48. The van der Waals surface area contributed by atoms with Crippen LogP contribution in [0.2, 0.25) is 0 Å². The summed E-state index contributed by atoms with van der Waals surface area (Å²) in [6, 6.07) is 3.31. The van der Waals surface area contributed by atoms with Gasteiger partial charge in [0, 0.05) is 43.3 Å². The summed E-state index contributed by atoms with van der Waals surface area (Å²) in [5.41, 5.74) is 0.638. The molecule has 2 amide bonds. The third-order valence-corrected chi connectivity index (χ3v) is 6.35. The van der Waals surface area contributed by atoms with E-state index >= 15 is 0 Å². The van der Waals surface area contributed by atoms with Gasteiger partial charge in [-0.1, -0.05) is 0 Å². The van der Waals surface area contributed by atoms with Crippen LogP contribution in [-0.4, -0.2) is 63.4 Å². The van der Waals surface area contributed by atoms with E-state index in [1.165, 1.54) is 11.3 Å². The van der Waals surface area contributed by atoms with Crippen LogP contribution in [0.3, 0.4) is 0 Å². The number of hydrogen-bond donors (Lipinski definition) is 3. The number of anilines is 1. The summed E-state index contributed by atoms with van der Waals surface area (Å²) in [7, 11) is 1.81. The second kappa shape index (κ2) is 8.02. The van der Waals surface area contributed by atoms with Crippen molar-refractivity contribution in [2.45, 2.75) is 25.0 Å². The van der Waals surface area contributed by atoms with E-state index in [1.807, 2.05) is 10.8 Å². The first-order valence-electron chi connectivity index (χ1n) is 9.51. The van der Waals surface area contributed by atoms with Gasteiger partial charge in [-0.05, 0) is 36.1 Å². The molecule has 4 atom stereocenters. The molecule has 4 rings (SSSR count). The van der Waals surface area contributed by atoms with Crippen LogP contribution < -0.4 is 10.6 Å². The number of carbonyl (C=O) groups excluding carboxylic acids is 2. The third kappa shape index (κ3) is 4.26. The molecule has 0 unspecified atom stereocenters. The smallest absolute Gasteiger partial charge is 0.252 e. The third-order valence-electron chi connectivity index (χ3n) is 5.67. The van der Waals surface area contributed by atoms with E-state index in [1.54, 1.807) is 30.1 Å². The minimum absolute atomic E-state index is 0.0831. The standard InChI is InChI=1S/C19H25N5O3S/c1-23-4-2-17(22-23)21-18(26)10-24-8-13-6-15(16(25)7-14(13)9-24)20-19(27)12-3-5-28-11-12/h2-5,11,13-16,25H,6-10H2,1H3,(H,20,27)(H,21,22,26)/t13-,14+,15-,16-/m0/s1. The number of aromatic nitrogens is 2. The molecule has 150 valence electrons. The zero-order valence-electron chi connectivity index (χ0n) is 15.7. The van der Waals surface area contributed by atoms with Crippen molar-refractivity contribution in [3.05, 3.63) is 34.7 Å². The lowest BCUT2D eigenvalue weighted by atomic mass is 9.77. The normalized spacial score (nSPS) is 27.4. The van der Waals surface area contributed by atoms with Crippen molar-refractivity contribution in [1.82, 2.24) is 20.0 Å². The first kappa shape index (κ1) is 19.1. The predicted molar refractivity (Wildman–Crippen MR) is 106 cm³/mol. The van der Waals surface area contributed by atoms with Crippen LogP contribution >= 0.6 is 11.3 Å². The van der Waals surface area contributed by atoms with Crippen LogP contribution in [0.15, 0.2) is 29.1 Å². The Bertz CT molecular complexity index is 837. The van der Waals surface area contributed by atoms with E-state index < -0.39 is 6.10 Å². The van der Waals surface area contributed by atoms with Crippen LogP contribution in [0.25, 0.3) is 0 Å². The van der Waals surface area contributed by atoms with Crippen molar-refractivity contribution in [2.75, 3.05) is 25.0 Å². The number of nitrogens with zero attached hydrogens (tertiary/aromatic N) is 3. The summed E-state index contributed by atoms with van der Waals surface area (Å²) in [5, 5.41) is 24.1. The van der Waals surface area contributed by atoms with Crippen molar-refractivity contribution in [2.24, 2.45) is 18.9 Å². The zero-order valence-corrected chi connectivity index (χ0v) is 16.6. The molecule has 1 saturated carbocycles. The minimum Gasteiger partial charge on any atom is -0.391 e. The van der Waals surface area contributed by atoms with Gasteiger partial charge in [-0.2, -0.15) is 16.4 Å². The Kier molecular flexibility index (Phi) is 5.47. The number of aliphatic hydroxyl groups excluding tert-OH is 1.